The quantitative estimate of drug-likeness (QED) is 0.858. The molecule has 22 heavy (non-hydrogen) atoms. The second kappa shape index (κ2) is 8.58. The Balaban J connectivity index is 1.68. The molecule has 0 atom stereocenters. The van der Waals surface area contributed by atoms with Crippen molar-refractivity contribution in [3.05, 3.63) is 35.9 Å². The van der Waals surface area contributed by atoms with Crippen molar-refractivity contribution in [3.63, 3.8) is 0 Å². The van der Waals surface area contributed by atoms with Gasteiger partial charge in [0.15, 0.2) is 5.11 Å². The topological polar surface area (TPSA) is 44.8 Å². The largest absolute Gasteiger partial charge is 0.450 e. The maximum Gasteiger partial charge on any atom is 0.409 e. The molecule has 1 N–H and O–H groups in total. The van der Waals surface area contributed by atoms with Crippen molar-refractivity contribution >= 4 is 23.4 Å². The molecule has 0 saturated carbocycles. The lowest BCUT2D eigenvalue weighted by Crippen LogP contribution is -2.53. The molecule has 1 aromatic rings. The van der Waals surface area contributed by atoms with Crippen LogP contribution in [0.5, 0.6) is 0 Å². The number of piperazine rings is 1. The first-order valence-corrected chi connectivity index (χ1v) is 8.10. The molecule has 1 heterocycles. The zero-order valence-corrected chi connectivity index (χ0v) is 13.8. The van der Waals surface area contributed by atoms with Crippen LogP contribution in [0.25, 0.3) is 0 Å². The predicted octanol–water partition coefficient (Wildman–Crippen LogP) is 1.88. The van der Waals surface area contributed by atoms with Crippen molar-refractivity contribution in [2.75, 3.05) is 39.3 Å². The van der Waals surface area contributed by atoms with Gasteiger partial charge in [-0.25, -0.2) is 4.79 Å². The number of rotatable bonds is 4. The van der Waals surface area contributed by atoms with Crippen LogP contribution in [0.4, 0.5) is 4.79 Å². The molecule has 0 radical (unpaired) electrons. The fourth-order valence-corrected chi connectivity index (χ4v) is 2.66. The number of hydrogen-bond donors (Lipinski definition) is 1. The number of carbonyl (C=O) groups excluding carboxylic acids is 1. The normalized spacial score (nSPS) is 14.6. The Bertz CT molecular complexity index is 487. The summed E-state index contributed by atoms with van der Waals surface area (Å²) >= 11 is 5.43. The molecule has 2 rings (SSSR count). The molecule has 1 aliphatic rings. The van der Waals surface area contributed by atoms with Crippen LogP contribution < -0.4 is 5.32 Å². The van der Waals surface area contributed by atoms with E-state index in [2.05, 4.69) is 22.3 Å². The highest BCUT2D eigenvalue weighted by molar-refractivity contribution is 7.80. The second-order valence-electron chi connectivity index (χ2n) is 5.14. The van der Waals surface area contributed by atoms with E-state index >= 15 is 0 Å². The maximum absolute atomic E-state index is 11.6. The lowest BCUT2D eigenvalue weighted by Gasteiger charge is -2.35. The number of nitrogens with zero attached hydrogens (tertiary/aromatic N) is 2. The minimum atomic E-state index is -0.231. The van der Waals surface area contributed by atoms with Crippen LogP contribution in [0.1, 0.15) is 12.5 Å². The summed E-state index contributed by atoms with van der Waals surface area (Å²) in [5, 5.41) is 4.06. The third kappa shape index (κ3) is 4.87. The van der Waals surface area contributed by atoms with Crippen molar-refractivity contribution in [2.24, 2.45) is 0 Å². The molecule has 1 amide bonds. The standard InChI is InChI=1S/C16H23N3O2S/c1-2-21-16(20)19-12-10-18(11-13-19)15(22)17-9-8-14-6-4-3-5-7-14/h3-7H,2,8-13H2,1H3,(H,17,22). The highest BCUT2D eigenvalue weighted by Crippen LogP contribution is 2.05. The molecular formula is C16H23N3O2S. The third-order valence-corrected chi connectivity index (χ3v) is 4.03. The molecule has 0 spiro atoms. The van der Waals surface area contributed by atoms with Crippen LogP contribution in [0.3, 0.4) is 0 Å². The molecule has 1 aromatic carbocycles. The van der Waals surface area contributed by atoms with Gasteiger partial charge in [0.05, 0.1) is 6.61 Å². The van der Waals surface area contributed by atoms with Crippen LogP contribution in [0.2, 0.25) is 0 Å². The summed E-state index contributed by atoms with van der Waals surface area (Å²) in [5.74, 6) is 0. The maximum atomic E-state index is 11.6. The minimum Gasteiger partial charge on any atom is -0.450 e. The van der Waals surface area contributed by atoms with Gasteiger partial charge in [0, 0.05) is 32.7 Å². The zero-order chi connectivity index (χ0) is 15.8. The molecule has 0 aliphatic carbocycles. The van der Waals surface area contributed by atoms with Crippen LogP contribution in [-0.2, 0) is 11.2 Å². The van der Waals surface area contributed by atoms with Crippen molar-refractivity contribution in [1.29, 1.82) is 0 Å². The van der Waals surface area contributed by atoms with Crippen molar-refractivity contribution in [2.45, 2.75) is 13.3 Å². The average Bonchev–Trinajstić information content (AvgIpc) is 2.56. The SMILES string of the molecule is CCOC(=O)N1CCN(C(=S)NCCc2ccccc2)CC1. The van der Waals surface area contributed by atoms with E-state index < -0.39 is 0 Å². The lowest BCUT2D eigenvalue weighted by atomic mass is 10.1. The molecule has 6 heteroatoms. The van der Waals surface area contributed by atoms with E-state index in [9.17, 15) is 4.79 Å². The monoisotopic (exact) mass is 321 g/mol. The molecular weight excluding hydrogens is 298 g/mol. The van der Waals surface area contributed by atoms with Gasteiger partial charge >= 0.3 is 6.09 Å². The molecule has 120 valence electrons. The molecule has 1 saturated heterocycles. The van der Waals surface area contributed by atoms with Crippen LogP contribution in [0.15, 0.2) is 30.3 Å². The van der Waals surface area contributed by atoms with E-state index in [-0.39, 0.29) is 6.09 Å². The van der Waals surface area contributed by atoms with E-state index in [0.29, 0.717) is 19.7 Å². The highest BCUT2D eigenvalue weighted by atomic mass is 32.1. The smallest absolute Gasteiger partial charge is 0.409 e. The summed E-state index contributed by atoms with van der Waals surface area (Å²) in [6.45, 7) is 5.85. The van der Waals surface area contributed by atoms with Gasteiger partial charge in [0.2, 0.25) is 0 Å². The van der Waals surface area contributed by atoms with Gasteiger partial charge in [0.25, 0.3) is 0 Å². The fraction of sp³-hybridized carbons (Fsp3) is 0.500. The van der Waals surface area contributed by atoms with E-state index in [4.69, 9.17) is 17.0 Å². The van der Waals surface area contributed by atoms with E-state index in [1.165, 1.54) is 5.56 Å². The van der Waals surface area contributed by atoms with Gasteiger partial charge in [-0.2, -0.15) is 0 Å². The van der Waals surface area contributed by atoms with E-state index in [0.717, 1.165) is 31.2 Å². The summed E-state index contributed by atoms with van der Waals surface area (Å²) in [6, 6.07) is 10.3. The van der Waals surface area contributed by atoms with Crippen molar-refractivity contribution in [1.82, 2.24) is 15.1 Å². The number of hydrogen-bond acceptors (Lipinski definition) is 3. The first kappa shape index (κ1) is 16.5. The van der Waals surface area contributed by atoms with Crippen LogP contribution in [0, 0.1) is 0 Å². The summed E-state index contributed by atoms with van der Waals surface area (Å²) in [7, 11) is 0. The molecule has 0 aromatic heterocycles. The Morgan fingerprint density at radius 2 is 1.82 bits per heavy atom. The van der Waals surface area contributed by atoms with Gasteiger partial charge < -0.3 is 19.9 Å². The Morgan fingerprint density at radius 3 is 2.45 bits per heavy atom. The number of benzene rings is 1. The summed E-state index contributed by atoms with van der Waals surface area (Å²) in [4.78, 5) is 15.5. The Morgan fingerprint density at radius 1 is 1.18 bits per heavy atom. The van der Waals surface area contributed by atoms with E-state index in [1.807, 2.05) is 25.1 Å². The molecule has 0 bridgehead atoms. The predicted molar refractivity (Wildman–Crippen MR) is 90.9 cm³/mol. The van der Waals surface area contributed by atoms with Gasteiger partial charge in [-0.3, -0.25) is 0 Å². The van der Waals surface area contributed by atoms with Crippen LogP contribution >= 0.6 is 12.2 Å². The Hall–Kier alpha value is -1.82. The highest BCUT2D eigenvalue weighted by Gasteiger charge is 2.22. The van der Waals surface area contributed by atoms with Gasteiger partial charge in [-0.1, -0.05) is 30.3 Å². The number of nitrogens with one attached hydrogen (secondary N) is 1. The summed E-state index contributed by atoms with van der Waals surface area (Å²) in [5.41, 5.74) is 1.30. The Kier molecular flexibility index (Phi) is 6.45. The van der Waals surface area contributed by atoms with Crippen molar-refractivity contribution in [3.8, 4) is 0 Å². The van der Waals surface area contributed by atoms with Crippen molar-refractivity contribution < 1.29 is 9.53 Å². The number of thiocarbonyl (C=S) groups is 1. The first-order valence-electron chi connectivity index (χ1n) is 7.69. The number of amides is 1. The average molecular weight is 321 g/mol. The third-order valence-electron chi connectivity index (χ3n) is 3.63. The zero-order valence-electron chi connectivity index (χ0n) is 13.0. The van der Waals surface area contributed by atoms with Gasteiger partial charge in [-0.15, -0.1) is 0 Å². The molecule has 1 aliphatic heterocycles. The van der Waals surface area contributed by atoms with E-state index in [1.54, 1.807) is 4.90 Å². The molecule has 5 nitrogen and oxygen atoms in total. The van der Waals surface area contributed by atoms with Crippen LogP contribution in [-0.4, -0.2) is 60.3 Å². The molecule has 1 fully saturated rings. The number of carbonyl (C=O) groups is 1. The molecule has 0 unspecified atom stereocenters. The fourth-order valence-electron chi connectivity index (χ4n) is 2.38. The van der Waals surface area contributed by atoms with Gasteiger partial charge in [-0.05, 0) is 31.1 Å². The second-order valence-corrected chi connectivity index (χ2v) is 5.53. The lowest BCUT2D eigenvalue weighted by molar-refractivity contribution is 0.0919. The summed E-state index contributed by atoms with van der Waals surface area (Å²) in [6.07, 6.45) is 0.717. The first-order chi connectivity index (χ1) is 10.7. The van der Waals surface area contributed by atoms with Gasteiger partial charge in [0.1, 0.15) is 0 Å². The minimum absolute atomic E-state index is 0.231. The Labute approximate surface area is 137 Å². The number of ether oxygens (including phenoxy) is 1. The summed E-state index contributed by atoms with van der Waals surface area (Å²) < 4.78 is 5.01.